The van der Waals surface area contributed by atoms with Crippen LogP contribution in [-0.4, -0.2) is 44.7 Å². The Kier molecular flexibility index (Phi) is 7.58. The molecule has 0 heterocycles. The molecule has 0 atom stereocenters. The summed E-state index contributed by atoms with van der Waals surface area (Å²) in [5.74, 6) is 0. The number of benzene rings is 2. The molecular formula is C21H28N4O4. The zero-order chi connectivity index (χ0) is 21.6. The van der Waals surface area contributed by atoms with Crippen molar-refractivity contribution in [3.63, 3.8) is 0 Å². The second kappa shape index (κ2) is 9.90. The van der Waals surface area contributed by atoms with Crippen molar-refractivity contribution >= 4 is 23.4 Å². The summed E-state index contributed by atoms with van der Waals surface area (Å²) in [6.07, 6.45) is 0.679. The lowest BCUT2D eigenvalue weighted by atomic mass is 10.0. The topological polar surface area (TPSA) is 105 Å². The van der Waals surface area contributed by atoms with Crippen LogP contribution in [0.1, 0.15) is 38.8 Å². The highest BCUT2D eigenvalue weighted by Crippen LogP contribution is 2.17. The second-order valence-electron chi connectivity index (χ2n) is 7.31. The lowest BCUT2D eigenvalue weighted by Crippen LogP contribution is -2.37. The Bertz CT molecular complexity index is 750. The normalized spacial score (nSPS) is 10.8. The third-order valence-electron chi connectivity index (χ3n) is 4.21. The fraction of sp³-hybridized carbons (Fsp3) is 0.333. The van der Waals surface area contributed by atoms with Crippen molar-refractivity contribution in [2.75, 3.05) is 10.6 Å². The average molecular weight is 400 g/mol. The van der Waals surface area contributed by atoms with E-state index < -0.39 is 12.1 Å². The Labute approximate surface area is 170 Å². The van der Waals surface area contributed by atoms with E-state index in [-0.39, 0.29) is 12.1 Å². The van der Waals surface area contributed by atoms with Crippen molar-refractivity contribution in [1.82, 2.24) is 10.1 Å². The van der Waals surface area contributed by atoms with Gasteiger partial charge in [-0.25, -0.2) is 19.7 Å². The first kappa shape index (κ1) is 22.2. The molecule has 29 heavy (non-hydrogen) atoms. The SMILES string of the molecule is CC(C)N(O)C(=O)Nc1ccc(Cc2ccc(NC(=O)N(O)C(C)C)cc2)cc1. The first-order chi connectivity index (χ1) is 13.7. The summed E-state index contributed by atoms with van der Waals surface area (Å²) < 4.78 is 0. The molecule has 0 fully saturated rings. The Morgan fingerprint density at radius 1 is 0.724 bits per heavy atom. The molecule has 4 N–H and O–H groups in total. The zero-order valence-corrected chi connectivity index (χ0v) is 17.1. The van der Waals surface area contributed by atoms with E-state index in [0.29, 0.717) is 27.9 Å². The van der Waals surface area contributed by atoms with Crippen LogP contribution in [0.15, 0.2) is 48.5 Å². The van der Waals surface area contributed by atoms with Crippen molar-refractivity contribution < 1.29 is 20.0 Å². The summed E-state index contributed by atoms with van der Waals surface area (Å²) in [5, 5.41) is 25.8. The molecule has 0 radical (unpaired) electrons. The zero-order valence-electron chi connectivity index (χ0n) is 17.1. The van der Waals surface area contributed by atoms with Crippen LogP contribution in [0.5, 0.6) is 0 Å². The van der Waals surface area contributed by atoms with Crippen molar-refractivity contribution in [3.05, 3.63) is 59.7 Å². The van der Waals surface area contributed by atoms with Crippen LogP contribution < -0.4 is 10.6 Å². The van der Waals surface area contributed by atoms with Crippen LogP contribution in [0, 0.1) is 0 Å². The lowest BCUT2D eigenvalue weighted by molar-refractivity contribution is -0.0622. The van der Waals surface area contributed by atoms with Crippen molar-refractivity contribution in [1.29, 1.82) is 0 Å². The molecule has 4 amide bonds. The molecular weight excluding hydrogens is 372 g/mol. The number of amides is 4. The van der Waals surface area contributed by atoms with Crippen LogP contribution in [0.4, 0.5) is 21.0 Å². The number of hydroxylamine groups is 4. The van der Waals surface area contributed by atoms with E-state index in [1.165, 1.54) is 0 Å². The van der Waals surface area contributed by atoms with Crippen LogP contribution in [0.3, 0.4) is 0 Å². The van der Waals surface area contributed by atoms with E-state index in [0.717, 1.165) is 11.1 Å². The summed E-state index contributed by atoms with van der Waals surface area (Å²) in [7, 11) is 0. The van der Waals surface area contributed by atoms with Gasteiger partial charge in [0, 0.05) is 11.4 Å². The molecule has 0 aliphatic rings. The highest BCUT2D eigenvalue weighted by atomic mass is 16.5. The number of carbonyl (C=O) groups is 2. The number of urea groups is 2. The van der Waals surface area contributed by atoms with Gasteiger partial charge in [-0.05, 0) is 69.5 Å². The van der Waals surface area contributed by atoms with E-state index in [4.69, 9.17) is 0 Å². The van der Waals surface area contributed by atoms with E-state index >= 15 is 0 Å². The quantitative estimate of drug-likeness (QED) is 0.422. The van der Waals surface area contributed by atoms with E-state index in [1.54, 1.807) is 52.0 Å². The van der Waals surface area contributed by atoms with Crippen LogP contribution in [-0.2, 0) is 6.42 Å². The maximum Gasteiger partial charge on any atom is 0.345 e. The van der Waals surface area contributed by atoms with E-state index in [2.05, 4.69) is 10.6 Å². The Morgan fingerprint density at radius 3 is 1.31 bits per heavy atom. The molecule has 8 heteroatoms. The molecule has 0 aliphatic heterocycles. The third-order valence-corrected chi connectivity index (χ3v) is 4.21. The number of anilines is 2. The Balaban J connectivity index is 1.93. The monoisotopic (exact) mass is 400 g/mol. The van der Waals surface area contributed by atoms with Crippen molar-refractivity contribution in [3.8, 4) is 0 Å². The number of nitrogens with one attached hydrogen (secondary N) is 2. The number of carbonyl (C=O) groups excluding carboxylic acids is 2. The second-order valence-corrected chi connectivity index (χ2v) is 7.31. The first-order valence-corrected chi connectivity index (χ1v) is 9.43. The molecule has 0 saturated carbocycles. The minimum absolute atomic E-state index is 0.312. The Hall–Kier alpha value is -3.10. The van der Waals surface area contributed by atoms with Gasteiger partial charge >= 0.3 is 12.1 Å². The van der Waals surface area contributed by atoms with Gasteiger partial charge < -0.3 is 10.6 Å². The highest BCUT2D eigenvalue weighted by molar-refractivity contribution is 5.89. The van der Waals surface area contributed by atoms with Gasteiger partial charge in [-0.2, -0.15) is 0 Å². The van der Waals surface area contributed by atoms with Gasteiger partial charge in [0.2, 0.25) is 0 Å². The highest BCUT2D eigenvalue weighted by Gasteiger charge is 2.15. The van der Waals surface area contributed by atoms with Crippen LogP contribution >= 0.6 is 0 Å². The fourth-order valence-corrected chi connectivity index (χ4v) is 2.48. The Morgan fingerprint density at radius 2 is 1.03 bits per heavy atom. The molecule has 2 aromatic rings. The first-order valence-electron chi connectivity index (χ1n) is 9.43. The van der Waals surface area contributed by atoms with Gasteiger partial charge in [0.05, 0.1) is 12.1 Å². The van der Waals surface area contributed by atoms with Crippen LogP contribution in [0.2, 0.25) is 0 Å². The van der Waals surface area contributed by atoms with E-state index in [9.17, 15) is 20.0 Å². The number of nitrogens with zero attached hydrogens (tertiary/aromatic N) is 2. The molecule has 0 bridgehead atoms. The van der Waals surface area contributed by atoms with Gasteiger partial charge in [-0.1, -0.05) is 24.3 Å². The third kappa shape index (κ3) is 6.48. The van der Waals surface area contributed by atoms with Gasteiger partial charge in [0.15, 0.2) is 0 Å². The largest absolute Gasteiger partial charge is 0.345 e. The predicted molar refractivity (Wildman–Crippen MR) is 111 cm³/mol. The molecule has 0 aliphatic carbocycles. The summed E-state index contributed by atoms with van der Waals surface area (Å²) in [4.78, 5) is 23.7. The van der Waals surface area contributed by atoms with Gasteiger partial charge in [-0.15, -0.1) is 0 Å². The smallest absolute Gasteiger partial charge is 0.306 e. The predicted octanol–water partition coefficient (Wildman–Crippen LogP) is 4.54. The number of rotatable bonds is 6. The lowest BCUT2D eigenvalue weighted by Gasteiger charge is -2.19. The molecule has 0 aromatic heterocycles. The van der Waals surface area contributed by atoms with Gasteiger partial charge in [0.1, 0.15) is 0 Å². The van der Waals surface area contributed by atoms with Crippen molar-refractivity contribution in [2.45, 2.75) is 46.2 Å². The molecule has 0 saturated heterocycles. The maximum absolute atomic E-state index is 11.8. The maximum atomic E-state index is 11.8. The summed E-state index contributed by atoms with van der Waals surface area (Å²) in [6.45, 7) is 6.85. The minimum atomic E-state index is -0.579. The van der Waals surface area contributed by atoms with Gasteiger partial charge in [0.25, 0.3) is 0 Å². The molecule has 0 unspecified atom stereocenters. The summed E-state index contributed by atoms with van der Waals surface area (Å²) in [6, 6.07) is 12.9. The fourth-order valence-electron chi connectivity index (χ4n) is 2.48. The summed E-state index contributed by atoms with van der Waals surface area (Å²) in [5.41, 5.74) is 3.28. The molecule has 156 valence electrons. The van der Waals surface area contributed by atoms with E-state index in [1.807, 2.05) is 24.3 Å². The molecule has 8 nitrogen and oxygen atoms in total. The molecule has 2 aromatic carbocycles. The number of hydrogen-bond donors (Lipinski definition) is 4. The number of hydrogen-bond acceptors (Lipinski definition) is 4. The van der Waals surface area contributed by atoms with Crippen molar-refractivity contribution in [2.24, 2.45) is 0 Å². The molecule has 0 spiro atoms. The standard InChI is InChI=1S/C21H28N4O4/c1-14(2)24(28)20(26)22-18-9-5-16(6-10-18)13-17-7-11-19(12-8-17)23-21(27)25(29)15(3)4/h5-12,14-15,28-29H,13H2,1-4H3,(H,22,26)(H,23,27). The van der Waals surface area contributed by atoms with Crippen LogP contribution in [0.25, 0.3) is 0 Å². The average Bonchev–Trinajstić information content (AvgIpc) is 2.69. The minimum Gasteiger partial charge on any atom is -0.306 e. The van der Waals surface area contributed by atoms with Gasteiger partial charge in [-0.3, -0.25) is 10.4 Å². The summed E-state index contributed by atoms with van der Waals surface area (Å²) >= 11 is 0. The molecule has 2 rings (SSSR count).